The maximum absolute atomic E-state index is 6.20. The standard InChI is InChI=1S/C18H11Cl2N3OS/c19-11-5-7-13(14(20)9-11)16-8-6-12(24-16)10-21-23-18-22-15-3-1-2-4-17(15)25-18/h1-10H,(H,22,23). The summed E-state index contributed by atoms with van der Waals surface area (Å²) in [6, 6.07) is 16.9. The first-order valence-corrected chi connectivity index (χ1v) is 8.96. The zero-order chi connectivity index (χ0) is 17.2. The summed E-state index contributed by atoms with van der Waals surface area (Å²) in [6.45, 7) is 0. The average molecular weight is 388 g/mol. The fourth-order valence-electron chi connectivity index (χ4n) is 2.33. The monoisotopic (exact) mass is 387 g/mol. The molecule has 4 rings (SSSR count). The summed E-state index contributed by atoms with van der Waals surface area (Å²) < 4.78 is 6.86. The van der Waals surface area contributed by atoms with Crippen LogP contribution in [-0.4, -0.2) is 11.2 Å². The highest BCUT2D eigenvalue weighted by atomic mass is 35.5. The second kappa shape index (κ2) is 6.88. The number of hydrogen-bond donors (Lipinski definition) is 1. The summed E-state index contributed by atoms with van der Waals surface area (Å²) in [4.78, 5) is 4.45. The van der Waals surface area contributed by atoms with Gasteiger partial charge in [0.05, 0.1) is 21.5 Å². The van der Waals surface area contributed by atoms with E-state index in [-0.39, 0.29) is 0 Å². The van der Waals surface area contributed by atoms with Crippen LogP contribution in [-0.2, 0) is 0 Å². The molecule has 0 unspecified atom stereocenters. The van der Waals surface area contributed by atoms with Crippen LogP contribution in [0.15, 0.2) is 64.1 Å². The largest absolute Gasteiger partial charge is 0.455 e. The van der Waals surface area contributed by atoms with Gasteiger partial charge in [0, 0.05) is 10.6 Å². The Bertz CT molecular complexity index is 1040. The first-order chi connectivity index (χ1) is 12.2. The number of para-hydroxylation sites is 1. The Balaban J connectivity index is 1.49. The summed E-state index contributed by atoms with van der Waals surface area (Å²) in [5, 5.41) is 6.03. The molecule has 2 heterocycles. The predicted molar refractivity (Wildman–Crippen MR) is 105 cm³/mol. The molecule has 2 aromatic heterocycles. The minimum absolute atomic E-state index is 0.540. The van der Waals surface area contributed by atoms with Crippen LogP contribution >= 0.6 is 34.5 Å². The van der Waals surface area contributed by atoms with Crippen LogP contribution in [0.4, 0.5) is 5.13 Å². The number of nitrogens with one attached hydrogen (secondary N) is 1. The molecule has 4 nitrogen and oxygen atoms in total. The summed E-state index contributed by atoms with van der Waals surface area (Å²) in [5.41, 5.74) is 4.65. The summed E-state index contributed by atoms with van der Waals surface area (Å²) >= 11 is 13.7. The Kier molecular flexibility index (Phi) is 4.44. The molecule has 0 spiro atoms. The SMILES string of the molecule is Clc1ccc(-c2ccc(C=NNc3nc4ccccc4s3)o2)c(Cl)c1. The molecular formula is C18H11Cl2N3OS. The average Bonchev–Trinajstić information content (AvgIpc) is 3.21. The van der Waals surface area contributed by atoms with Crippen molar-refractivity contribution in [2.45, 2.75) is 0 Å². The maximum atomic E-state index is 6.20. The van der Waals surface area contributed by atoms with Crippen LogP contribution in [0.3, 0.4) is 0 Å². The third kappa shape index (κ3) is 3.54. The molecule has 0 bridgehead atoms. The molecule has 124 valence electrons. The number of hydrogen-bond acceptors (Lipinski definition) is 5. The van der Waals surface area contributed by atoms with Gasteiger partial charge in [-0.25, -0.2) is 4.98 Å². The maximum Gasteiger partial charge on any atom is 0.204 e. The Morgan fingerprint density at radius 2 is 1.96 bits per heavy atom. The lowest BCUT2D eigenvalue weighted by Gasteiger charge is -2.00. The van der Waals surface area contributed by atoms with E-state index in [1.807, 2.05) is 42.5 Å². The minimum atomic E-state index is 0.540. The molecule has 0 amide bonds. The molecule has 4 aromatic rings. The molecule has 0 atom stereocenters. The number of nitrogens with zero attached hydrogens (tertiary/aromatic N) is 2. The molecule has 0 aliphatic carbocycles. The Morgan fingerprint density at radius 3 is 2.80 bits per heavy atom. The van der Waals surface area contributed by atoms with Gasteiger partial charge >= 0.3 is 0 Å². The number of furan rings is 1. The minimum Gasteiger partial charge on any atom is -0.455 e. The van der Waals surface area contributed by atoms with Crippen LogP contribution < -0.4 is 5.43 Å². The van der Waals surface area contributed by atoms with Gasteiger partial charge in [-0.2, -0.15) is 5.10 Å². The fourth-order valence-corrected chi connectivity index (χ4v) is 3.64. The van der Waals surface area contributed by atoms with Gasteiger partial charge in [0.1, 0.15) is 11.5 Å². The highest BCUT2D eigenvalue weighted by molar-refractivity contribution is 7.22. The van der Waals surface area contributed by atoms with Crippen molar-refractivity contribution in [3.8, 4) is 11.3 Å². The van der Waals surface area contributed by atoms with Crippen LogP contribution in [0.2, 0.25) is 10.0 Å². The third-order valence-corrected chi connectivity index (χ3v) is 4.96. The molecule has 0 radical (unpaired) electrons. The zero-order valence-electron chi connectivity index (χ0n) is 12.7. The van der Waals surface area contributed by atoms with Gasteiger partial charge in [0.25, 0.3) is 0 Å². The molecule has 7 heteroatoms. The predicted octanol–water partition coefficient (Wildman–Crippen LogP) is 6.31. The highest BCUT2D eigenvalue weighted by Crippen LogP contribution is 2.31. The van der Waals surface area contributed by atoms with E-state index in [0.717, 1.165) is 20.9 Å². The Labute approximate surface area is 157 Å². The molecular weight excluding hydrogens is 377 g/mol. The molecule has 0 aliphatic heterocycles. The zero-order valence-corrected chi connectivity index (χ0v) is 15.1. The molecule has 1 N–H and O–H groups in total. The van der Waals surface area contributed by atoms with Crippen molar-refractivity contribution in [1.29, 1.82) is 0 Å². The quantitative estimate of drug-likeness (QED) is 0.329. The van der Waals surface area contributed by atoms with Gasteiger partial charge in [0.15, 0.2) is 0 Å². The van der Waals surface area contributed by atoms with E-state index in [9.17, 15) is 0 Å². The van der Waals surface area contributed by atoms with Crippen molar-refractivity contribution in [1.82, 2.24) is 4.98 Å². The topological polar surface area (TPSA) is 50.4 Å². The number of benzene rings is 2. The van der Waals surface area contributed by atoms with Crippen LogP contribution in [0, 0.1) is 0 Å². The fraction of sp³-hybridized carbons (Fsp3) is 0. The first kappa shape index (κ1) is 16.1. The molecule has 0 aliphatic rings. The molecule has 25 heavy (non-hydrogen) atoms. The highest BCUT2D eigenvalue weighted by Gasteiger charge is 2.08. The number of thiazole rings is 1. The van der Waals surface area contributed by atoms with Gasteiger partial charge in [-0.15, -0.1) is 0 Å². The van der Waals surface area contributed by atoms with Crippen molar-refractivity contribution < 1.29 is 4.42 Å². The summed E-state index contributed by atoms with van der Waals surface area (Å²) in [7, 11) is 0. The van der Waals surface area contributed by atoms with Gasteiger partial charge in [-0.3, -0.25) is 5.43 Å². The molecule has 2 aromatic carbocycles. The number of rotatable bonds is 4. The normalized spacial score (nSPS) is 11.4. The van der Waals surface area contributed by atoms with E-state index < -0.39 is 0 Å². The smallest absolute Gasteiger partial charge is 0.204 e. The van der Waals surface area contributed by atoms with E-state index in [0.29, 0.717) is 21.6 Å². The second-order valence-electron chi connectivity index (χ2n) is 5.18. The van der Waals surface area contributed by atoms with Gasteiger partial charge < -0.3 is 4.42 Å². The molecule has 0 saturated heterocycles. The lowest BCUT2D eigenvalue weighted by atomic mass is 10.2. The first-order valence-electron chi connectivity index (χ1n) is 7.39. The number of anilines is 1. The van der Waals surface area contributed by atoms with E-state index >= 15 is 0 Å². The second-order valence-corrected chi connectivity index (χ2v) is 7.06. The molecule has 0 fully saturated rings. The number of halogens is 2. The lowest BCUT2D eigenvalue weighted by Crippen LogP contribution is -1.88. The van der Waals surface area contributed by atoms with Crippen molar-refractivity contribution in [3.05, 3.63) is 70.4 Å². The van der Waals surface area contributed by atoms with Crippen LogP contribution in [0.5, 0.6) is 0 Å². The van der Waals surface area contributed by atoms with Crippen molar-refractivity contribution in [2.75, 3.05) is 5.43 Å². The summed E-state index contributed by atoms with van der Waals surface area (Å²) in [5.74, 6) is 1.26. The number of fused-ring (bicyclic) bond motifs is 1. The van der Waals surface area contributed by atoms with E-state index in [1.165, 1.54) is 0 Å². The van der Waals surface area contributed by atoms with Crippen LogP contribution in [0.1, 0.15) is 5.76 Å². The Hall–Kier alpha value is -2.34. The van der Waals surface area contributed by atoms with E-state index in [2.05, 4.69) is 15.5 Å². The number of hydrazone groups is 1. The van der Waals surface area contributed by atoms with Gasteiger partial charge in [-0.1, -0.05) is 46.7 Å². The number of aromatic nitrogens is 1. The van der Waals surface area contributed by atoms with Gasteiger partial charge in [-0.05, 0) is 42.5 Å². The van der Waals surface area contributed by atoms with Crippen molar-refractivity contribution >= 4 is 56.1 Å². The van der Waals surface area contributed by atoms with E-state index in [1.54, 1.807) is 29.7 Å². The van der Waals surface area contributed by atoms with Gasteiger partial charge in [0.2, 0.25) is 5.13 Å². The third-order valence-electron chi connectivity index (χ3n) is 3.47. The van der Waals surface area contributed by atoms with Crippen LogP contribution in [0.25, 0.3) is 21.5 Å². The lowest BCUT2D eigenvalue weighted by molar-refractivity contribution is 0.575. The van der Waals surface area contributed by atoms with Crippen molar-refractivity contribution in [2.24, 2.45) is 5.10 Å². The Morgan fingerprint density at radius 1 is 1.08 bits per heavy atom. The summed E-state index contributed by atoms with van der Waals surface area (Å²) in [6.07, 6.45) is 1.60. The van der Waals surface area contributed by atoms with E-state index in [4.69, 9.17) is 27.6 Å². The molecule has 0 saturated carbocycles. The van der Waals surface area contributed by atoms with Crippen molar-refractivity contribution in [3.63, 3.8) is 0 Å².